The first kappa shape index (κ1) is 20.6. The van der Waals surface area contributed by atoms with Crippen LogP contribution in [0.25, 0.3) is 11.0 Å². The zero-order valence-corrected chi connectivity index (χ0v) is 17.6. The number of guanidine groups is 1. The van der Waals surface area contributed by atoms with Gasteiger partial charge in [0.1, 0.15) is 12.4 Å². The fourth-order valence-corrected chi connectivity index (χ4v) is 3.63. The highest BCUT2D eigenvalue weighted by molar-refractivity contribution is 5.80. The topological polar surface area (TPSA) is 66.7 Å². The van der Waals surface area contributed by atoms with Crippen LogP contribution in [0.5, 0.6) is 0 Å². The van der Waals surface area contributed by atoms with Gasteiger partial charge < -0.3 is 19.9 Å². The first-order chi connectivity index (χ1) is 13.6. The van der Waals surface area contributed by atoms with Crippen molar-refractivity contribution >= 4 is 17.0 Å². The summed E-state index contributed by atoms with van der Waals surface area (Å²) in [6, 6.07) is 8.17. The molecular formula is C21H34N6O. The minimum absolute atomic E-state index is 0.187. The number of imidazole rings is 1. The Morgan fingerprint density at radius 3 is 2.89 bits per heavy atom. The monoisotopic (exact) mass is 386 g/mol. The first-order valence-electron chi connectivity index (χ1n) is 10.3. The molecule has 1 atom stereocenters. The lowest BCUT2D eigenvalue weighted by Gasteiger charge is -2.34. The summed E-state index contributed by atoms with van der Waals surface area (Å²) in [4.78, 5) is 11.9. The number of para-hydroxylation sites is 2. The van der Waals surface area contributed by atoms with Gasteiger partial charge in [-0.25, -0.2) is 9.98 Å². The molecule has 0 aliphatic carbocycles. The fourth-order valence-electron chi connectivity index (χ4n) is 3.63. The van der Waals surface area contributed by atoms with E-state index >= 15 is 0 Å². The molecule has 1 unspecified atom stereocenters. The van der Waals surface area contributed by atoms with Gasteiger partial charge in [0.25, 0.3) is 0 Å². The summed E-state index contributed by atoms with van der Waals surface area (Å²) in [7, 11) is 2.04. The van der Waals surface area contributed by atoms with Crippen molar-refractivity contribution in [2.24, 2.45) is 18.0 Å². The van der Waals surface area contributed by atoms with E-state index in [9.17, 15) is 0 Å². The zero-order chi connectivity index (χ0) is 19.9. The third kappa shape index (κ3) is 5.45. The lowest BCUT2D eigenvalue weighted by Crippen LogP contribution is -2.50. The Bertz CT molecular complexity index is 784. The van der Waals surface area contributed by atoms with Gasteiger partial charge in [0.05, 0.1) is 23.7 Å². The van der Waals surface area contributed by atoms with Gasteiger partial charge in [-0.15, -0.1) is 0 Å². The van der Waals surface area contributed by atoms with Crippen LogP contribution in [-0.4, -0.2) is 65.8 Å². The van der Waals surface area contributed by atoms with Crippen molar-refractivity contribution in [1.29, 1.82) is 0 Å². The molecule has 0 amide bonds. The second-order valence-corrected chi connectivity index (χ2v) is 7.80. The number of rotatable bonds is 7. The van der Waals surface area contributed by atoms with E-state index in [0.29, 0.717) is 12.5 Å². The summed E-state index contributed by atoms with van der Waals surface area (Å²) in [6.07, 6.45) is 0.187. The highest BCUT2D eigenvalue weighted by Crippen LogP contribution is 2.14. The largest absolute Gasteiger partial charge is 0.374 e. The number of aryl methyl sites for hydroxylation is 1. The van der Waals surface area contributed by atoms with E-state index in [4.69, 9.17) is 14.7 Å². The van der Waals surface area contributed by atoms with E-state index in [0.717, 1.165) is 62.1 Å². The van der Waals surface area contributed by atoms with E-state index < -0.39 is 0 Å². The smallest absolute Gasteiger partial charge is 0.191 e. The Morgan fingerprint density at radius 1 is 1.32 bits per heavy atom. The van der Waals surface area contributed by atoms with Crippen LogP contribution >= 0.6 is 0 Å². The van der Waals surface area contributed by atoms with Gasteiger partial charge in [0.2, 0.25) is 0 Å². The predicted octanol–water partition coefficient (Wildman–Crippen LogP) is 1.99. The van der Waals surface area contributed by atoms with Crippen LogP contribution in [0.4, 0.5) is 0 Å². The summed E-state index contributed by atoms with van der Waals surface area (Å²) in [6.45, 7) is 12.6. The molecule has 1 fully saturated rings. The number of aliphatic imine (C=N–C) groups is 1. The van der Waals surface area contributed by atoms with Crippen LogP contribution in [0.15, 0.2) is 29.3 Å². The van der Waals surface area contributed by atoms with Crippen molar-refractivity contribution in [1.82, 2.24) is 25.1 Å². The standard InChI is InChI=1S/C21H34N6O/c1-5-22-21(23-12-17-15-27(10-11-28-17)14-16(2)3)24-13-20-25-18-8-6-7-9-19(18)26(20)4/h6-9,16-17H,5,10-15H2,1-4H3,(H2,22,23,24). The molecule has 2 aromatic rings. The number of ether oxygens (including phenoxy) is 1. The summed E-state index contributed by atoms with van der Waals surface area (Å²) < 4.78 is 8.04. The summed E-state index contributed by atoms with van der Waals surface area (Å²) in [5.41, 5.74) is 2.14. The van der Waals surface area contributed by atoms with E-state index in [1.54, 1.807) is 0 Å². The maximum atomic E-state index is 5.94. The van der Waals surface area contributed by atoms with Crippen LogP contribution in [-0.2, 0) is 18.3 Å². The van der Waals surface area contributed by atoms with Crippen LogP contribution in [0.2, 0.25) is 0 Å². The number of aromatic nitrogens is 2. The van der Waals surface area contributed by atoms with E-state index in [-0.39, 0.29) is 6.10 Å². The predicted molar refractivity (Wildman–Crippen MR) is 115 cm³/mol. The molecule has 3 rings (SSSR count). The van der Waals surface area contributed by atoms with Crippen LogP contribution in [0, 0.1) is 5.92 Å². The van der Waals surface area contributed by atoms with Crippen molar-refractivity contribution < 1.29 is 4.74 Å². The molecule has 0 radical (unpaired) electrons. The molecule has 7 heteroatoms. The number of nitrogens with zero attached hydrogens (tertiary/aromatic N) is 4. The molecule has 1 saturated heterocycles. The van der Waals surface area contributed by atoms with Crippen molar-refractivity contribution in [2.75, 3.05) is 39.3 Å². The molecule has 1 aromatic heterocycles. The van der Waals surface area contributed by atoms with Crippen molar-refractivity contribution in [2.45, 2.75) is 33.4 Å². The summed E-state index contributed by atoms with van der Waals surface area (Å²) >= 11 is 0. The third-order valence-corrected chi connectivity index (χ3v) is 4.95. The quantitative estimate of drug-likeness (QED) is 0.563. The van der Waals surface area contributed by atoms with Crippen molar-refractivity contribution in [3.8, 4) is 0 Å². The van der Waals surface area contributed by atoms with Crippen molar-refractivity contribution in [3.05, 3.63) is 30.1 Å². The van der Waals surface area contributed by atoms with Crippen LogP contribution in [0.1, 0.15) is 26.6 Å². The third-order valence-electron chi connectivity index (χ3n) is 4.95. The van der Waals surface area contributed by atoms with Gasteiger partial charge in [-0.3, -0.25) is 4.90 Å². The number of hydrogen-bond acceptors (Lipinski definition) is 4. The van der Waals surface area contributed by atoms with Gasteiger partial charge in [-0.2, -0.15) is 0 Å². The lowest BCUT2D eigenvalue weighted by molar-refractivity contribution is -0.0284. The van der Waals surface area contributed by atoms with Gasteiger partial charge >= 0.3 is 0 Å². The van der Waals surface area contributed by atoms with Crippen LogP contribution < -0.4 is 10.6 Å². The number of morpholine rings is 1. The molecule has 1 aliphatic heterocycles. The Hall–Kier alpha value is -2.12. The summed E-state index contributed by atoms with van der Waals surface area (Å²) in [5.74, 6) is 2.44. The highest BCUT2D eigenvalue weighted by atomic mass is 16.5. The number of fused-ring (bicyclic) bond motifs is 1. The molecule has 1 aliphatic rings. The first-order valence-corrected chi connectivity index (χ1v) is 10.3. The molecular weight excluding hydrogens is 352 g/mol. The minimum atomic E-state index is 0.187. The normalized spacial score (nSPS) is 18.8. The van der Waals surface area contributed by atoms with E-state index in [1.165, 1.54) is 0 Å². The molecule has 28 heavy (non-hydrogen) atoms. The molecule has 154 valence electrons. The Labute approximate surface area is 168 Å². The SMILES string of the molecule is CCNC(=NCc1nc2ccccc2n1C)NCC1CN(CC(C)C)CCO1. The molecule has 0 spiro atoms. The minimum Gasteiger partial charge on any atom is -0.374 e. The maximum Gasteiger partial charge on any atom is 0.191 e. The second-order valence-electron chi connectivity index (χ2n) is 7.80. The molecule has 2 N–H and O–H groups in total. The maximum absolute atomic E-state index is 5.94. The van der Waals surface area contributed by atoms with Gasteiger partial charge in [0.15, 0.2) is 5.96 Å². The van der Waals surface area contributed by atoms with Crippen LogP contribution in [0.3, 0.4) is 0 Å². The number of nitrogens with one attached hydrogen (secondary N) is 2. The molecule has 2 heterocycles. The fraction of sp³-hybridized carbons (Fsp3) is 0.619. The Balaban J connectivity index is 1.58. The number of benzene rings is 1. The zero-order valence-electron chi connectivity index (χ0n) is 17.6. The van der Waals surface area contributed by atoms with E-state index in [1.807, 2.05) is 25.2 Å². The molecule has 0 saturated carbocycles. The average molecular weight is 387 g/mol. The highest BCUT2D eigenvalue weighted by Gasteiger charge is 2.21. The Morgan fingerprint density at radius 2 is 2.14 bits per heavy atom. The average Bonchev–Trinajstić information content (AvgIpc) is 3.00. The van der Waals surface area contributed by atoms with Crippen molar-refractivity contribution in [3.63, 3.8) is 0 Å². The van der Waals surface area contributed by atoms with Gasteiger partial charge in [-0.05, 0) is 25.0 Å². The van der Waals surface area contributed by atoms with Gasteiger partial charge in [-0.1, -0.05) is 26.0 Å². The number of hydrogen-bond donors (Lipinski definition) is 2. The second kappa shape index (κ2) is 9.89. The van der Waals surface area contributed by atoms with E-state index in [2.05, 4.69) is 46.9 Å². The molecule has 0 bridgehead atoms. The summed E-state index contributed by atoms with van der Waals surface area (Å²) in [5, 5.41) is 6.76. The molecule has 7 nitrogen and oxygen atoms in total. The molecule has 1 aromatic carbocycles. The Kier molecular flexibility index (Phi) is 7.28. The van der Waals surface area contributed by atoms with Gasteiger partial charge in [0, 0.05) is 39.8 Å². The lowest BCUT2D eigenvalue weighted by atomic mass is 10.2.